The van der Waals surface area contributed by atoms with Crippen LogP contribution in [0.1, 0.15) is 11.3 Å². The monoisotopic (exact) mass is 306 g/mol. The maximum absolute atomic E-state index is 11.8. The molecule has 0 aliphatic rings. The van der Waals surface area contributed by atoms with Crippen LogP contribution in [0.4, 0.5) is 5.13 Å². The number of fused-ring (bicyclic) bond motifs is 1. The number of hydrogen-bond acceptors (Lipinski definition) is 5. The molecule has 0 bridgehead atoms. The van der Waals surface area contributed by atoms with E-state index in [1.807, 2.05) is 24.3 Å². The SMILES string of the molecule is Cc1cc(=O)n2nc(NCc3cccc(Cl)c3)sc2n1. The summed E-state index contributed by atoms with van der Waals surface area (Å²) < 4.78 is 1.30. The van der Waals surface area contributed by atoms with Crippen molar-refractivity contribution in [3.8, 4) is 0 Å². The fourth-order valence-electron chi connectivity index (χ4n) is 1.82. The van der Waals surface area contributed by atoms with Crippen LogP contribution in [0.15, 0.2) is 35.1 Å². The Hall–Kier alpha value is -1.92. The molecule has 3 rings (SSSR count). The molecule has 0 aliphatic heterocycles. The van der Waals surface area contributed by atoms with Gasteiger partial charge in [-0.25, -0.2) is 4.98 Å². The molecule has 0 aliphatic carbocycles. The number of aryl methyl sites for hydroxylation is 1. The third kappa shape index (κ3) is 2.66. The summed E-state index contributed by atoms with van der Waals surface area (Å²) in [6, 6.07) is 9.05. The predicted molar refractivity (Wildman–Crippen MR) is 80.6 cm³/mol. The second kappa shape index (κ2) is 5.22. The van der Waals surface area contributed by atoms with Crippen LogP contribution in [0.2, 0.25) is 5.02 Å². The van der Waals surface area contributed by atoms with Crippen LogP contribution in [0.25, 0.3) is 4.96 Å². The van der Waals surface area contributed by atoms with Crippen LogP contribution in [0.5, 0.6) is 0 Å². The van der Waals surface area contributed by atoms with Gasteiger partial charge < -0.3 is 5.32 Å². The highest BCUT2D eigenvalue weighted by Gasteiger charge is 2.07. The number of aromatic nitrogens is 3. The molecule has 3 aromatic rings. The standard InChI is InChI=1S/C13H11ClN4OS/c1-8-5-11(19)18-13(16-8)20-12(17-18)15-7-9-3-2-4-10(14)6-9/h2-6H,7H2,1H3,(H,15,17). The van der Waals surface area contributed by atoms with Gasteiger partial charge in [-0.1, -0.05) is 35.1 Å². The van der Waals surface area contributed by atoms with Crippen LogP contribution < -0.4 is 10.9 Å². The fraction of sp³-hybridized carbons (Fsp3) is 0.154. The van der Waals surface area contributed by atoms with E-state index >= 15 is 0 Å². The minimum absolute atomic E-state index is 0.167. The van der Waals surface area contributed by atoms with Crippen molar-refractivity contribution in [3.63, 3.8) is 0 Å². The van der Waals surface area contributed by atoms with Crippen LogP contribution in [0.3, 0.4) is 0 Å². The lowest BCUT2D eigenvalue weighted by molar-refractivity contribution is 0.887. The fourth-order valence-corrected chi connectivity index (χ4v) is 2.88. The van der Waals surface area contributed by atoms with Crippen molar-refractivity contribution in [2.45, 2.75) is 13.5 Å². The van der Waals surface area contributed by atoms with E-state index < -0.39 is 0 Å². The molecule has 0 fully saturated rings. The molecule has 0 spiro atoms. The van der Waals surface area contributed by atoms with Gasteiger partial charge in [-0.15, -0.1) is 5.10 Å². The highest BCUT2D eigenvalue weighted by molar-refractivity contribution is 7.20. The number of nitrogens with zero attached hydrogens (tertiary/aromatic N) is 3. The maximum Gasteiger partial charge on any atom is 0.275 e. The third-order valence-electron chi connectivity index (χ3n) is 2.71. The summed E-state index contributed by atoms with van der Waals surface area (Å²) in [5.74, 6) is 0. The molecule has 20 heavy (non-hydrogen) atoms. The Kier molecular flexibility index (Phi) is 3.42. The van der Waals surface area contributed by atoms with E-state index in [1.54, 1.807) is 6.92 Å². The van der Waals surface area contributed by atoms with Gasteiger partial charge in [-0.3, -0.25) is 4.79 Å². The van der Waals surface area contributed by atoms with Crippen molar-refractivity contribution in [3.05, 3.63) is 57.0 Å². The minimum atomic E-state index is -0.167. The Morgan fingerprint density at radius 2 is 2.25 bits per heavy atom. The summed E-state index contributed by atoms with van der Waals surface area (Å²) in [5.41, 5.74) is 1.58. The van der Waals surface area contributed by atoms with E-state index in [4.69, 9.17) is 11.6 Å². The molecule has 0 saturated carbocycles. The summed E-state index contributed by atoms with van der Waals surface area (Å²) in [6.45, 7) is 2.38. The first-order chi connectivity index (χ1) is 9.61. The average Bonchev–Trinajstić information content (AvgIpc) is 2.80. The summed E-state index contributed by atoms with van der Waals surface area (Å²) in [4.78, 5) is 16.6. The lowest BCUT2D eigenvalue weighted by Gasteiger charge is -2.02. The van der Waals surface area contributed by atoms with E-state index in [-0.39, 0.29) is 5.56 Å². The first-order valence-corrected chi connectivity index (χ1v) is 7.17. The Bertz CT molecular complexity index is 827. The molecule has 7 heteroatoms. The Morgan fingerprint density at radius 3 is 3.05 bits per heavy atom. The molecular weight excluding hydrogens is 296 g/mol. The second-order valence-electron chi connectivity index (χ2n) is 4.32. The van der Waals surface area contributed by atoms with Crippen molar-refractivity contribution < 1.29 is 0 Å². The van der Waals surface area contributed by atoms with Gasteiger partial charge in [-0.2, -0.15) is 4.52 Å². The van der Waals surface area contributed by atoms with E-state index in [0.29, 0.717) is 27.4 Å². The zero-order chi connectivity index (χ0) is 14.1. The van der Waals surface area contributed by atoms with Crippen LogP contribution >= 0.6 is 22.9 Å². The van der Waals surface area contributed by atoms with Gasteiger partial charge >= 0.3 is 0 Å². The third-order valence-corrected chi connectivity index (χ3v) is 3.81. The van der Waals surface area contributed by atoms with Gasteiger partial charge in [0.2, 0.25) is 10.1 Å². The van der Waals surface area contributed by atoms with Crippen molar-refractivity contribution in [1.29, 1.82) is 0 Å². The lowest BCUT2D eigenvalue weighted by Crippen LogP contribution is -2.14. The average molecular weight is 307 g/mol. The Labute approximate surface area is 123 Å². The number of hydrogen-bond donors (Lipinski definition) is 1. The Balaban J connectivity index is 1.85. The molecule has 0 atom stereocenters. The van der Waals surface area contributed by atoms with Gasteiger partial charge in [-0.05, 0) is 24.6 Å². The van der Waals surface area contributed by atoms with Crippen molar-refractivity contribution >= 4 is 33.0 Å². The zero-order valence-corrected chi connectivity index (χ0v) is 12.2. The van der Waals surface area contributed by atoms with E-state index in [1.165, 1.54) is 21.9 Å². The van der Waals surface area contributed by atoms with Gasteiger partial charge in [0.25, 0.3) is 5.56 Å². The highest BCUT2D eigenvalue weighted by atomic mass is 35.5. The topological polar surface area (TPSA) is 59.3 Å². The molecule has 0 amide bonds. The first-order valence-electron chi connectivity index (χ1n) is 5.98. The number of benzene rings is 1. The van der Waals surface area contributed by atoms with E-state index in [2.05, 4.69) is 15.4 Å². The molecule has 0 unspecified atom stereocenters. The molecule has 1 N–H and O–H groups in total. The normalized spacial score (nSPS) is 10.9. The van der Waals surface area contributed by atoms with E-state index in [0.717, 1.165) is 5.56 Å². The molecule has 0 radical (unpaired) electrons. The quantitative estimate of drug-likeness (QED) is 0.808. The van der Waals surface area contributed by atoms with Crippen LogP contribution in [0, 0.1) is 6.92 Å². The molecular formula is C13H11ClN4OS. The van der Waals surface area contributed by atoms with Crippen molar-refractivity contribution in [2.75, 3.05) is 5.32 Å². The molecule has 2 heterocycles. The van der Waals surface area contributed by atoms with Gasteiger partial charge in [0, 0.05) is 23.3 Å². The van der Waals surface area contributed by atoms with Crippen molar-refractivity contribution in [1.82, 2.24) is 14.6 Å². The number of anilines is 1. The number of halogens is 1. The summed E-state index contributed by atoms with van der Waals surface area (Å²) in [6.07, 6.45) is 0. The first kappa shape index (κ1) is 13.1. The van der Waals surface area contributed by atoms with Gasteiger partial charge in [0.05, 0.1) is 0 Å². The molecule has 102 valence electrons. The highest BCUT2D eigenvalue weighted by Crippen LogP contribution is 2.18. The molecule has 0 saturated heterocycles. The number of rotatable bonds is 3. The minimum Gasteiger partial charge on any atom is -0.356 e. The zero-order valence-electron chi connectivity index (χ0n) is 10.6. The predicted octanol–water partition coefficient (Wildman–Crippen LogP) is 2.72. The Morgan fingerprint density at radius 1 is 1.40 bits per heavy atom. The maximum atomic E-state index is 11.8. The van der Waals surface area contributed by atoms with Crippen molar-refractivity contribution in [2.24, 2.45) is 0 Å². The molecule has 1 aromatic carbocycles. The largest absolute Gasteiger partial charge is 0.356 e. The molecule has 5 nitrogen and oxygen atoms in total. The summed E-state index contributed by atoms with van der Waals surface area (Å²) >= 11 is 7.28. The lowest BCUT2D eigenvalue weighted by atomic mass is 10.2. The van der Waals surface area contributed by atoms with E-state index in [9.17, 15) is 4.79 Å². The van der Waals surface area contributed by atoms with Crippen LogP contribution in [-0.2, 0) is 6.54 Å². The van der Waals surface area contributed by atoms with Gasteiger partial charge in [0.1, 0.15) is 0 Å². The van der Waals surface area contributed by atoms with Gasteiger partial charge in [0.15, 0.2) is 0 Å². The summed E-state index contributed by atoms with van der Waals surface area (Å²) in [7, 11) is 0. The second-order valence-corrected chi connectivity index (χ2v) is 5.71. The smallest absolute Gasteiger partial charge is 0.275 e. The number of nitrogens with one attached hydrogen (secondary N) is 1. The molecule has 2 aromatic heterocycles. The van der Waals surface area contributed by atoms with Crippen LogP contribution in [-0.4, -0.2) is 14.6 Å². The summed E-state index contributed by atoms with van der Waals surface area (Å²) in [5, 5.41) is 8.73.